The predicted molar refractivity (Wildman–Crippen MR) is 136 cm³/mol. The molecule has 0 bridgehead atoms. The van der Waals surface area contributed by atoms with Gasteiger partial charge < -0.3 is 24.9 Å². The van der Waals surface area contributed by atoms with Crippen LogP contribution in [0.15, 0.2) is 54.9 Å². The van der Waals surface area contributed by atoms with E-state index in [-0.39, 0.29) is 30.3 Å². The smallest absolute Gasteiger partial charge is 0.195 e. The molecular weight excluding hydrogens is 485 g/mol. The molecule has 1 saturated heterocycles. The summed E-state index contributed by atoms with van der Waals surface area (Å²) >= 11 is 6.52. The molecule has 3 N–H and O–H groups in total. The fraction of sp³-hybridized carbons (Fsp3) is 0.259. The third kappa shape index (κ3) is 4.80. The van der Waals surface area contributed by atoms with Crippen molar-refractivity contribution in [2.45, 2.75) is 31.9 Å². The Morgan fingerprint density at radius 3 is 2.83 bits per heavy atom. The fourth-order valence-corrected chi connectivity index (χ4v) is 4.61. The summed E-state index contributed by atoms with van der Waals surface area (Å²) in [7, 11) is 0. The number of carbonyl (C=O) groups is 1. The van der Waals surface area contributed by atoms with Crippen LogP contribution in [0.2, 0.25) is 5.02 Å². The summed E-state index contributed by atoms with van der Waals surface area (Å²) < 4.78 is 25.3. The molecule has 0 saturated carbocycles. The van der Waals surface area contributed by atoms with Gasteiger partial charge in [0.15, 0.2) is 17.3 Å². The van der Waals surface area contributed by atoms with Gasteiger partial charge in [-0.3, -0.25) is 4.79 Å². The number of hydrogen-bond donors (Lipinski definition) is 3. The number of hydrogen-bond acceptors (Lipinski definition) is 6. The van der Waals surface area contributed by atoms with Crippen LogP contribution in [0.3, 0.4) is 0 Å². The Kier molecular flexibility index (Phi) is 6.91. The number of aliphatic hydroxyl groups excluding tert-OH is 1. The number of ether oxygens (including phenoxy) is 2. The standard InChI is InChI=1S/C27H25ClFN3O4/c1-15-10-17(36-23-5-3-2-4-22(23)29)8-9-19(15)26(34)20-11-30-27-24(20)25(21(28)12-31-27)32-16-6-7-18(13-33)35-14-16/h2-5,8-12,16,18,33H,6-7,13-14H2,1H3,(H2,30,31,32)/t16-,18+/m1/s1. The molecule has 2 aromatic carbocycles. The Balaban J connectivity index is 1.44. The van der Waals surface area contributed by atoms with Crippen LogP contribution in [0.4, 0.5) is 10.1 Å². The van der Waals surface area contributed by atoms with E-state index >= 15 is 0 Å². The van der Waals surface area contributed by atoms with E-state index in [0.29, 0.717) is 50.8 Å². The van der Waals surface area contributed by atoms with Crippen molar-refractivity contribution in [3.05, 3.63) is 82.4 Å². The van der Waals surface area contributed by atoms with Crippen LogP contribution >= 0.6 is 11.6 Å². The summed E-state index contributed by atoms with van der Waals surface area (Å²) in [5.41, 5.74) is 2.74. The van der Waals surface area contributed by atoms with Gasteiger partial charge >= 0.3 is 0 Å². The lowest BCUT2D eigenvalue weighted by Gasteiger charge is -2.29. The Bertz CT molecular complexity index is 1420. The van der Waals surface area contributed by atoms with Crippen LogP contribution < -0.4 is 10.1 Å². The van der Waals surface area contributed by atoms with Gasteiger partial charge in [0, 0.05) is 17.8 Å². The molecule has 2 aromatic heterocycles. The SMILES string of the molecule is Cc1cc(Oc2ccccc2F)ccc1C(=O)c1c[nH]c2ncc(Cl)c(N[C@@H]3CC[C@@H](CO)OC3)c12. The summed E-state index contributed by atoms with van der Waals surface area (Å²) in [6, 6.07) is 11.1. The summed E-state index contributed by atoms with van der Waals surface area (Å²) in [6.45, 7) is 2.21. The number of rotatable bonds is 7. The highest BCUT2D eigenvalue weighted by molar-refractivity contribution is 6.35. The first-order chi connectivity index (χ1) is 17.4. The summed E-state index contributed by atoms with van der Waals surface area (Å²) in [6.07, 6.45) is 4.52. The number of ketones is 1. The first-order valence-corrected chi connectivity index (χ1v) is 12.0. The molecular formula is C27H25ClFN3O4. The second kappa shape index (κ2) is 10.3. The lowest BCUT2D eigenvalue weighted by molar-refractivity contribution is -0.0223. The maximum Gasteiger partial charge on any atom is 0.195 e. The van der Waals surface area contributed by atoms with Crippen molar-refractivity contribution in [1.29, 1.82) is 0 Å². The first kappa shape index (κ1) is 24.2. The Morgan fingerprint density at radius 2 is 2.11 bits per heavy atom. The zero-order valence-corrected chi connectivity index (χ0v) is 20.3. The molecule has 0 radical (unpaired) electrons. The van der Waals surface area contributed by atoms with Crippen molar-refractivity contribution in [3.63, 3.8) is 0 Å². The molecule has 186 valence electrons. The number of para-hydroxylation sites is 1. The average Bonchev–Trinajstić information content (AvgIpc) is 3.32. The highest BCUT2D eigenvalue weighted by atomic mass is 35.5. The molecule has 9 heteroatoms. The van der Waals surface area contributed by atoms with Gasteiger partial charge in [0.25, 0.3) is 0 Å². The van der Waals surface area contributed by atoms with Gasteiger partial charge in [-0.1, -0.05) is 23.7 Å². The maximum absolute atomic E-state index is 14.0. The summed E-state index contributed by atoms with van der Waals surface area (Å²) in [5, 5.41) is 13.7. The van der Waals surface area contributed by atoms with E-state index in [1.54, 1.807) is 49.5 Å². The predicted octanol–water partition coefficient (Wildman–Crippen LogP) is 5.64. The van der Waals surface area contributed by atoms with Crippen molar-refractivity contribution in [2.24, 2.45) is 0 Å². The average molecular weight is 510 g/mol. The third-order valence-corrected chi connectivity index (χ3v) is 6.62. The molecule has 2 atom stereocenters. The lowest BCUT2D eigenvalue weighted by Crippen LogP contribution is -2.36. The molecule has 0 spiro atoms. The number of H-pyrrole nitrogens is 1. The highest BCUT2D eigenvalue weighted by Gasteiger charge is 2.25. The minimum absolute atomic E-state index is 0.00703. The second-order valence-corrected chi connectivity index (χ2v) is 9.21. The number of aromatic amines is 1. The number of anilines is 1. The molecule has 3 heterocycles. The Hall–Kier alpha value is -3.46. The minimum atomic E-state index is -0.464. The monoisotopic (exact) mass is 509 g/mol. The molecule has 7 nitrogen and oxygen atoms in total. The van der Waals surface area contributed by atoms with Crippen LogP contribution in [-0.4, -0.2) is 46.2 Å². The largest absolute Gasteiger partial charge is 0.454 e. The van der Waals surface area contributed by atoms with E-state index in [0.717, 1.165) is 12.8 Å². The normalized spacial score (nSPS) is 17.8. The summed E-state index contributed by atoms with van der Waals surface area (Å²) in [4.78, 5) is 21.0. The van der Waals surface area contributed by atoms with Gasteiger partial charge in [-0.05, 0) is 55.7 Å². The molecule has 0 unspecified atom stereocenters. The van der Waals surface area contributed by atoms with E-state index in [9.17, 15) is 14.3 Å². The summed E-state index contributed by atoms with van der Waals surface area (Å²) in [5.74, 6) is -0.128. The Labute approximate surface area is 212 Å². The van der Waals surface area contributed by atoms with Crippen LogP contribution in [0.1, 0.15) is 34.3 Å². The number of pyridine rings is 1. The molecule has 0 aliphatic carbocycles. The van der Waals surface area contributed by atoms with Gasteiger partial charge in [-0.2, -0.15) is 0 Å². The number of nitrogens with one attached hydrogen (secondary N) is 2. The van der Waals surface area contributed by atoms with Gasteiger partial charge in [0.05, 0.1) is 47.2 Å². The molecule has 36 heavy (non-hydrogen) atoms. The molecule has 4 aromatic rings. The molecule has 5 rings (SSSR count). The van der Waals surface area contributed by atoms with Crippen LogP contribution in [0.25, 0.3) is 11.0 Å². The van der Waals surface area contributed by atoms with E-state index in [4.69, 9.17) is 21.1 Å². The lowest BCUT2D eigenvalue weighted by atomic mass is 9.98. The molecule has 1 fully saturated rings. The topological polar surface area (TPSA) is 96.5 Å². The van der Waals surface area contributed by atoms with Crippen LogP contribution in [0.5, 0.6) is 11.5 Å². The van der Waals surface area contributed by atoms with Gasteiger partial charge in [0.2, 0.25) is 0 Å². The van der Waals surface area contributed by atoms with Gasteiger partial charge in [-0.25, -0.2) is 9.37 Å². The van der Waals surface area contributed by atoms with E-state index in [1.165, 1.54) is 12.3 Å². The Morgan fingerprint density at radius 1 is 1.28 bits per heavy atom. The molecule has 0 amide bonds. The quantitative estimate of drug-likeness (QED) is 0.279. The van der Waals surface area contributed by atoms with Gasteiger partial charge in [0.1, 0.15) is 11.4 Å². The number of aryl methyl sites for hydroxylation is 1. The number of carbonyl (C=O) groups excluding carboxylic acids is 1. The number of aromatic nitrogens is 2. The second-order valence-electron chi connectivity index (χ2n) is 8.80. The van der Waals surface area contributed by atoms with Crippen molar-refractivity contribution in [2.75, 3.05) is 18.5 Å². The van der Waals surface area contributed by atoms with Gasteiger partial charge in [-0.15, -0.1) is 0 Å². The zero-order valence-electron chi connectivity index (χ0n) is 19.6. The van der Waals surface area contributed by atoms with Crippen LogP contribution in [0, 0.1) is 12.7 Å². The number of fused-ring (bicyclic) bond motifs is 1. The first-order valence-electron chi connectivity index (χ1n) is 11.7. The molecule has 1 aliphatic rings. The molecule has 1 aliphatic heterocycles. The van der Waals surface area contributed by atoms with Crippen LogP contribution in [-0.2, 0) is 4.74 Å². The number of nitrogens with zero attached hydrogens (tertiary/aromatic N) is 1. The minimum Gasteiger partial charge on any atom is -0.454 e. The fourth-order valence-electron chi connectivity index (χ4n) is 4.41. The van der Waals surface area contributed by atoms with Crippen molar-refractivity contribution < 1.29 is 23.8 Å². The van der Waals surface area contributed by atoms with E-state index < -0.39 is 5.82 Å². The number of aliphatic hydroxyl groups is 1. The van der Waals surface area contributed by atoms with Crippen molar-refractivity contribution >= 4 is 34.1 Å². The van der Waals surface area contributed by atoms with Crippen molar-refractivity contribution in [3.8, 4) is 11.5 Å². The van der Waals surface area contributed by atoms with E-state index in [2.05, 4.69) is 15.3 Å². The number of benzene rings is 2. The highest BCUT2D eigenvalue weighted by Crippen LogP contribution is 2.35. The van der Waals surface area contributed by atoms with E-state index in [1.807, 2.05) is 0 Å². The third-order valence-electron chi connectivity index (χ3n) is 6.33. The maximum atomic E-state index is 14.0. The van der Waals surface area contributed by atoms with Crippen molar-refractivity contribution in [1.82, 2.24) is 9.97 Å². The number of halogens is 2. The zero-order chi connectivity index (χ0) is 25.2.